The molecular weight excluding hydrogens is 294 g/mol. The van der Waals surface area contributed by atoms with Gasteiger partial charge in [-0.15, -0.1) is 11.3 Å². The van der Waals surface area contributed by atoms with Crippen LogP contribution < -0.4 is 0 Å². The van der Waals surface area contributed by atoms with Gasteiger partial charge in [-0.1, -0.05) is 0 Å². The number of likely N-dealkylation sites (tertiary alicyclic amines) is 1. The Bertz CT molecular complexity index is 577. The molecule has 0 aromatic carbocycles. The molecule has 1 aromatic rings. The third kappa shape index (κ3) is 2.55. The maximum Gasteiger partial charge on any atom is 0.270 e. The minimum absolute atomic E-state index is 0.0181. The first kappa shape index (κ1) is 13.8. The quantitative estimate of drug-likeness (QED) is 0.789. The normalized spacial score (nSPS) is 19.2. The molecule has 2 rings (SSSR count). The van der Waals surface area contributed by atoms with E-state index >= 15 is 0 Å². The van der Waals surface area contributed by atoms with Crippen molar-refractivity contribution >= 4 is 37.0 Å². The second-order valence-corrected chi connectivity index (χ2v) is 8.67. The van der Waals surface area contributed by atoms with Crippen LogP contribution in [0.3, 0.4) is 0 Å². The van der Waals surface area contributed by atoms with Gasteiger partial charge in [0.15, 0.2) is 0 Å². The molecule has 100 valence electrons. The number of rotatable bonds is 2. The van der Waals surface area contributed by atoms with E-state index in [0.717, 1.165) is 24.2 Å². The van der Waals surface area contributed by atoms with E-state index in [4.69, 9.17) is 10.7 Å². The van der Waals surface area contributed by atoms with Gasteiger partial charge in [0.1, 0.15) is 4.21 Å². The molecule has 4 nitrogen and oxygen atoms in total. The largest absolute Gasteiger partial charge is 0.334 e. The first-order chi connectivity index (χ1) is 8.22. The molecule has 0 aliphatic carbocycles. The fourth-order valence-electron chi connectivity index (χ4n) is 2.20. The predicted molar refractivity (Wildman–Crippen MR) is 71.7 cm³/mol. The predicted octanol–water partition coefficient (Wildman–Crippen LogP) is 2.69. The van der Waals surface area contributed by atoms with Crippen molar-refractivity contribution in [1.82, 2.24) is 4.90 Å². The zero-order valence-corrected chi connectivity index (χ0v) is 12.5. The van der Waals surface area contributed by atoms with Crippen LogP contribution in [0.2, 0.25) is 0 Å². The van der Waals surface area contributed by atoms with Crippen molar-refractivity contribution in [2.45, 2.75) is 36.4 Å². The molecule has 1 amide bonds. The zero-order valence-electron chi connectivity index (χ0n) is 10.1. The number of carbonyl (C=O) groups is 1. The van der Waals surface area contributed by atoms with E-state index < -0.39 is 9.05 Å². The Kier molecular flexibility index (Phi) is 3.46. The molecule has 0 N–H and O–H groups in total. The molecule has 1 aliphatic heterocycles. The number of halogens is 1. The number of amides is 1. The van der Waals surface area contributed by atoms with E-state index in [2.05, 4.69) is 0 Å². The summed E-state index contributed by atoms with van der Waals surface area (Å²) in [7, 11) is 1.50. The Morgan fingerprint density at radius 1 is 1.50 bits per heavy atom. The Morgan fingerprint density at radius 2 is 2.17 bits per heavy atom. The van der Waals surface area contributed by atoms with Gasteiger partial charge >= 0.3 is 0 Å². The van der Waals surface area contributed by atoms with Crippen molar-refractivity contribution < 1.29 is 13.2 Å². The number of hydrogen-bond acceptors (Lipinski definition) is 4. The summed E-state index contributed by atoms with van der Waals surface area (Å²) in [6.07, 6.45) is 1.94. The van der Waals surface area contributed by atoms with Crippen LogP contribution in [0, 0.1) is 0 Å². The molecule has 2 heterocycles. The smallest absolute Gasteiger partial charge is 0.270 e. The Labute approximate surface area is 115 Å². The Morgan fingerprint density at radius 3 is 2.61 bits per heavy atom. The second kappa shape index (κ2) is 4.51. The van der Waals surface area contributed by atoms with Gasteiger partial charge in [-0.2, -0.15) is 0 Å². The molecule has 18 heavy (non-hydrogen) atoms. The van der Waals surface area contributed by atoms with Crippen LogP contribution >= 0.6 is 22.0 Å². The van der Waals surface area contributed by atoms with Crippen LogP contribution in [0.4, 0.5) is 0 Å². The Hall–Kier alpha value is -0.590. The van der Waals surface area contributed by atoms with E-state index in [1.165, 1.54) is 6.07 Å². The summed E-state index contributed by atoms with van der Waals surface area (Å²) in [5, 5.41) is 1.55. The number of nitrogens with zero attached hydrogens (tertiary/aromatic N) is 1. The highest BCUT2D eigenvalue weighted by atomic mass is 35.7. The van der Waals surface area contributed by atoms with Gasteiger partial charge in [0, 0.05) is 28.1 Å². The lowest BCUT2D eigenvalue weighted by atomic mass is 10.0. The van der Waals surface area contributed by atoms with Gasteiger partial charge in [-0.05, 0) is 32.8 Å². The number of carbonyl (C=O) groups excluding carboxylic acids is 1. The van der Waals surface area contributed by atoms with Crippen molar-refractivity contribution in [3.63, 3.8) is 0 Å². The third-order valence-electron chi connectivity index (χ3n) is 3.21. The third-order valence-corrected chi connectivity index (χ3v) is 6.25. The zero-order chi connectivity index (χ0) is 13.6. The fraction of sp³-hybridized carbons (Fsp3) is 0.545. The van der Waals surface area contributed by atoms with Crippen LogP contribution in [0.25, 0.3) is 0 Å². The minimum Gasteiger partial charge on any atom is -0.334 e. The molecule has 1 aliphatic rings. The number of hydrogen-bond donors (Lipinski definition) is 0. The average molecular weight is 308 g/mol. The average Bonchev–Trinajstić information content (AvgIpc) is 2.81. The van der Waals surface area contributed by atoms with Crippen molar-refractivity contribution in [2.75, 3.05) is 6.54 Å². The monoisotopic (exact) mass is 307 g/mol. The lowest BCUT2D eigenvalue weighted by Crippen LogP contribution is -2.42. The van der Waals surface area contributed by atoms with Gasteiger partial charge in [-0.25, -0.2) is 8.42 Å². The van der Waals surface area contributed by atoms with Crippen LogP contribution in [-0.2, 0) is 9.05 Å². The first-order valence-corrected chi connectivity index (χ1v) is 8.76. The maximum atomic E-state index is 12.3. The fourth-order valence-corrected chi connectivity index (χ4v) is 4.14. The summed E-state index contributed by atoms with van der Waals surface area (Å²) >= 11 is 0.976. The van der Waals surface area contributed by atoms with Crippen molar-refractivity contribution in [3.05, 3.63) is 17.0 Å². The van der Waals surface area contributed by atoms with Gasteiger partial charge in [0.2, 0.25) is 0 Å². The number of thiophene rings is 1. The molecule has 0 radical (unpaired) electrons. The molecule has 0 spiro atoms. The van der Waals surface area contributed by atoms with E-state index in [9.17, 15) is 13.2 Å². The lowest BCUT2D eigenvalue weighted by Gasteiger charge is -2.31. The van der Waals surface area contributed by atoms with Crippen molar-refractivity contribution in [2.24, 2.45) is 0 Å². The Balaban J connectivity index is 2.28. The minimum atomic E-state index is -3.75. The van der Waals surface area contributed by atoms with Crippen molar-refractivity contribution in [3.8, 4) is 0 Å². The van der Waals surface area contributed by atoms with Gasteiger partial charge in [0.25, 0.3) is 15.0 Å². The lowest BCUT2D eigenvalue weighted by molar-refractivity contribution is 0.0652. The molecule has 0 atom stereocenters. The highest BCUT2D eigenvalue weighted by Gasteiger charge is 2.36. The van der Waals surface area contributed by atoms with Crippen LogP contribution in [0.5, 0.6) is 0 Å². The molecule has 7 heteroatoms. The maximum absolute atomic E-state index is 12.3. The summed E-state index contributed by atoms with van der Waals surface area (Å²) in [5.74, 6) is -0.125. The van der Waals surface area contributed by atoms with E-state index in [-0.39, 0.29) is 15.7 Å². The molecular formula is C11H14ClNO3S2. The molecule has 1 fully saturated rings. The standard InChI is InChI=1S/C11H14ClNO3S2/c1-11(2)4-3-5-13(11)10(14)8-6-9(17-7-8)18(12,15)16/h6-7H,3-5H2,1-2H3. The highest BCUT2D eigenvalue weighted by Crippen LogP contribution is 2.31. The van der Waals surface area contributed by atoms with Gasteiger partial charge in [0.05, 0.1) is 5.56 Å². The van der Waals surface area contributed by atoms with E-state index in [1.807, 2.05) is 13.8 Å². The molecule has 0 saturated carbocycles. The molecule has 0 bridgehead atoms. The SMILES string of the molecule is CC1(C)CCCN1C(=O)c1csc(S(=O)(=O)Cl)c1. The summed E-state index contributed by atoms with van der Waals surface area (Å²) in [6.45, 7) is 4.75. The van der Waals surface area contributed by atoms with Gasteiger partial charge in [-0.3, -0.25) is 4.79 Å². The van der Waals surface area contributed by atoms with E-state index in [0.29, 0.717) is 12.1 Å². The summed E-state index contributed by atoms with van der Waals surface area (Å²) in [5.41, 5.74) is 0.230. The first-order valence-electron chi connectivity index (χ1n) is 5.57. The molecule has 1 saturated heterocycles. The van der Waals surface area contributed by atoms with Crippen LogP contribution in [-0.4, -0.2) is 31.3 Å². The second-order valence-electron chi connectivity index (χ2n) is 4.97. The summed E-state index contributed by atoms with van der Waals surface area (Å²) in [4.78, 5) is 14.1. The highest BCUT2D eigenvalue weighted by molar-refractivity contribution is 8.15. The van der Waals surface area contributed by atoms with Gasteiger partial charge < -0.3 is 4.90 Å². The van der Waals surface area contributed by atoms with E-state index in [1.54, 1.807) is 10.3 Å². The van der Waals surface area contributed by atoms with Crippen LogP contribution in [0.15, 0.2) is 15.7 Å². The topological polar surface area (TPSA) is 54.5 Å². The van der Waals surface area contributed by atoms with Crippen molar-refractivity contribution in [1.29, 1.82) is 0 Å². The van der Waals surface area contributed by atoms with Crippen LogP contribution in [0.1, 0.15) is 37.0 Å². The molecule has 0 unspecified atom stereocenters. The molecule has 1 aromatic heterocycles. The summed E-state index contributed by atoms with van der Waals surface area (Å²) in [6, 6.07) is 1.35. The summed E-state index contributed by atoms with van der Waals surface area (Å²) < 4.78 is 22.4.